The maximum absolute atomic E-state index is 13.2. The van der Waals surface area contributed by atoms with Crippen molar-refractivity contribution in [3.05, 3.63) is 34.1 Å². The first-order valence-corrected chi connectivity index (χ1v) is 7.66. The molecular formula is C15H19BrFNO2. The number of halogens is 2. The Balaban J connectivity index is 1.90. The van der Waals surface area contributed by atoms with Gasteiger partial charge in [0.1, 0.15) is 5.82 Å². The van der Waals surface area contributed by atoms with E-state index in [0.29, 0.717) is 25.9 Å². The minimum absolute atomic E-state index is 0.0205. The molecule has 0 aliphatic carbocycles. The molecular weight excluding hydrogens is 325 g/mol. The van der Waals surface area contributed by atoms with Crippen molar-refractivity contribution < 1.29 is 14.3 Å². The van der Waals surface area contributed by atoms with E-state index in [2.05, 4.69) is 15.9 Å². The third-order valence-corrected chi connectivity index (χ3v) is 4.66. The summed E-state index contributed by atoms with van der Waals surface area (Å²) in [5.41, 5.74) is 0.796. The van der Waals surface area contributed by atoms with E-state index in [1.807, 2.05) is 6.92 Å². The molecule has 0 unspecified atom stereocenters. The normalized spacial score (nSPS) is 22.9. The fraction of sp³-hybridized carbons (Fsp3) is 0.533. The molecule has 0 radical (unpaired) electrons. The van der Waals surface area contributed by atoms with E-state index in [-0.39, 0.29) is 17.6 Å². The summed E-state index contributed by atoms with van der Waals surface area (Å²) in [5.74, 6) is -0.0265. The molecule has 1 aliphatic heterocycles. The van der Waals surface area contributed by atoms with Gasteiger partial charge >= 0.3 is 0 Å². The lowest BCUT2D eigenvalue weighted by Crippen LogP contribution is -2.45. The van der Waals surface area contributed by atoms with Crippen molar-refractivity contribution in [2.45, 2.75) is 32.3 Å². The van der Waals surface area contributed by atoms with Gasteiger partial charge in [-0.25, -0.2) is 4.39 Å². The average Bonchev–Trinajstić information content (AvgIpc) is 2.42. The molecule has 3 nitrogen and oxygen atoms in total. The van der Waals surface area contributed by atoms with Gasteiger partial charge in [-0.3, -0.25) is 4.79 Å². The molecule has 0 spiro atoms. The molecule has 1 fully saturated rings. The summed E-state index contributed by atoms with van der Waals surface area (Å²) < 4.78 is 14.0. The fourth-order valence-electron chi connectivity index (χ4n) is 2.41. The highest BCUT2D eigenvalue weighted by Gasteiger charge is 2.26. The quantitative estimate of drug-likeness (QED) is 0.916. The number of aliphatic hydroxyl groups is 1. The number of amides is 1. The van der Waals surface area contributed by atoms with Gasteiger partial charge in [-0.05, 0) is 42.5 Å². The van der Waals surface area contributed by atoms with Crippen molar-refractivity contribution in [1.29, 1.82) is 0 Å². The highest BCUT2D eigenvalue weighted by atomic mass is 79.9. The van der Waals surface area contributed by atoms with Gasteiger partial charge in [-0.2, -0.15) is 0 Å². The molecule has 1 aromatic rings. The van der Waals surface area contributed by atoms with E-state index >= 15 is 0 Å². The van der Waals surface area contributed by atoms with Crippen LogP contribution >= 0.6 is 15.9 Å². The van der Waals surface area contributed by atoms with Gasteiger partial charge in [0, 0.05) is 24.0 Å². The summed E-state index contributed by atoms with van der Waals surface area (Å²) in [6, 6.07) is 4.49. The number of rotatable bonds is 3. The number of benzene rings is 1. The molecule has 0 bridgehead atoms. The molecule has 1 N–H and O–H groups in total. The Bertz CT molecular complexity index is 495. The number of likely N-dealkylation sites (tertiary alicyclic amines) is 1. The van der Waals surface area contributed by atoms with Crippen molar-refractivity contribution in [2.75, 3.05) is 13.1 Å². The molecule has 0 saturated carbocycles. The molecule has 1 heterocycles. The second-order valence-corrected chi connectivity index (χ2v) is 6.26. The Hall–Kier alpha value is -0.940. The van der Waals surface area contributed by atoms with Crippen LogP contribution in [0.4, 0.5) is 4.39 Å². The number of carbonyl (C=O) groups excluding carboxylic acids is 1. The molecule has 5 heteroatoms. The summed E-state index contributed by atoms with van der Waals surface area (Å²) in [6.45, 7) is 3.10. The number of hydrogen-bond acceptors (Lipinski definition) is 2. The zero-order valence-corrected chi connectivity index (χ0v) is 13.1. The van der Waals surface area contributed by atoms with Crippen LogP contribution in [0.25, 0.3) is 0 Å². The molecule has 0 aromatic heterocycles. The van der Waals surface area contributed by atoms with Gasteiger partial charge in [0.05, 0.1) is 6.10 Å². The molecule has 2 atom stereocenters. The molecule has 110 valence electrons. The standard InChI is InChI=1S/C15H19BrFNO2/c1-10-6-7-18(9-14(10)19)15(20)5-2-11-8-12(17)3-4-13(11)16/h3-4,8,10,14,19H,2,5-7,9H2,1H3/t10-,14-/m0/s1. The van der Waals surface area contributed by atoms with Gasteiger partial charge in [-0.15, -0.1) is 0 Å². The van der Waals surface area contributed by atoms with Crippen LogP contribution in [0.2, 0.25) is 0 Å². The lowest BCUT2D eigenvalue weighted by Gasteiger charge is -2.34. The van der Waals surface area contributed by atoms with E-state index in [9.17, 15) is 14.3 Å². The summed E-state index contributed by atoms with van der Waals surface area (Å²) in [6.07, 6.45) is 1.23. The maximum atomic E-state index is 13.2. The topological polar surface area (TPSA) is 40.5 Å². The first-order valence-electron chi connectivity index (χ1n) is 6.87. The van der Waals surface area contributed by atoms with Crippen LogP contribution in [0.15, 0.2) is 22.7 Å². The number of β-amino-alcohol motifs (C(OH)–C–C–N with tert-alkyl or cyclic N) is 1. The van der Waals surface area contributed by atoms with E-state index in [4.69, 9.17) is 0 Å². The van der Waals surface area contributed by atoms with Crippen LogP contribution in [0.1, 0.15) is 25.3 Å². The summed E-state index contributed by atoms with van der Waals surface area (Å²) in [4.78, 5) is 13.8. The predicted molar refractivity (Wildman–Crippen MR) is 78.8 cm³/mol. The maximum Gasteiger partial charge on any atom is 0.222 e. The third-order valence-electron chi connectivity index (χ3n) is 3.89. The van der Waals surface area contributed by atoms with Crippen molar-refractivity contribution in [3.63, 3.8) is 0 Å². The van der Waals surface area contributed by atoms with Crippen molar-refractivity contribution in [1.82, 2.24) is 4.90 Å². The number of aliphatic hydroxyl groups excluding tert-OH is 1. The molecule has 1 aliphatic rings. The monoisotopic (exact) mass is 343 g/mol. The minimum Gasteiger partial charge on any atom is -0.391 e. The molecule has 1 amide bonds. The Morgan fingerprint density at radius 2 is 2.30 bits per heavy atom. The Morgan fingerprint density at radius 1 is 1.55 bits per heavy atom. The van der Waals surface area contributed by atoms with Gasteiger partial charge < -0.3 is 10.0 Å². The van der Waals surface area contributed by atoms with Crippen molar-refractivity contribution in [2.24, 2.45) is 5.92 Å². The first-order chi connectivity index (χ1) is 9.47. The van der Waals surface area contributed by atoms with E-state index in [0.717, 1.165) is 16.5 Å². The van der Waals surface area contributed by atoms with Crippen LogP contribution in [0, 0.1) is 11.7 Å². The molecule has 2 rings (SSSR count). The summed E-state index contributed by atoms with van der Waals surface area (Å²) >= 11 is 3.36. The van der Waals surface area contributed by atoms with E-state index < -0.39 is 6.10 Å². The Labute approximate surface area is 126 Å². The highest BCUT2D eigenvalue weighted by Crippen LogP contribution is 2.21. The zero-order chi connectivity index (χ0) is 14.7. The fourth-order valence-corrected chi connectivity index (χ4v) is 2.85. The average molecular weight is 344 g/mol. The SMILES string of the molecule is C[C@H]1CCN(C(=O)CCc2cc(F)ccc2Br)C[C@@H]1O. The molecule has 1 saturated heterocycles. The largest absolute Gasteiger partial charge is 0.391 e. The number of nitrogens with zero attached hydrogens (tertiary/aromatic N) is 1. The lowest BCUT2D eigenvalue weighted by atomic mass is 9.95. The van der Waals surface area contributed by atoms with Crippen LogP contribution < -0.4 is 0 Å². The Kier molecular flexibility index (Phi) is 5.16. The minimum atomic E-state index is -0.436. The van der Waals surface area contributed by atoms with Gasteiger partial charge in [0.25, 0.3) is 0 Å². The highest BCUT2D eigenvalue weighted by molar-refractivity contribution is 9.10. The second kappa shape index (κ2) is 6.68. The number of hydrogen-bond donors (Lipinski definition) is 1. The smallest absolute Gasteiger partial charge is 0.222 e. The van der Waals surface area contributed by atoms with Crippen molar-refractivity contribution >= 4 is 21.8 Å². The van der Waals surface area contributed by atoms with Crippen LogP contribution in [-0.2, 0) is 11.2 Å². The van der Waals surface area contributed by atoms with E-state index in [1.54, 1.807) is 11.0 Å². The Morgan fingerprint density at radius 3 is 3.00 bits per heavy atom. The van der Waals surface area contributed by atoms with Gasteiger partial charge in [-0.1, -0.05) is 22.9 Å². The first kappa shape index (κ1) is 15.4. The summed E-state index contributed by atoms with van der Waals surface area (Å²) in [7, 11) is 0. The zero-order valence-electron chi connectivity index (χ0n) is 11.5. The molecule has 1 aromatic carbocycles. The number of carbonyl (C=O) groups is 1. The number of piperidine rings is 1. The van der Waals surface area contributed by atoms with Crippen LogP contribution in [0.3, 0.4) is 0 Å². The summed E-state index contributed by atoms with van der Waals surface area (Å²) in [5, 5.41) is 9.81. The van der Waals surface area contributed by atoms with Crippen LogP contribution in [-0.4, -0.2) is 35.1 Å². The van der Waals surface area contributed by atoms with Gasteiger partial charge in [0.2, 0.25) is 5.91 Å². The lowest BCUT2D eigenvalue weighted by molar-refractivity contribution is -0.135. The van der Waals surface area contributed by atoms with Crippen LogP contribution in [0.5, 0.6) is 0 Å². The van der Waals surface area contributed by atoms with Gasteiger partial charge in [0.15, 0.2) is 0 Å². The molecule has 20 heavy (non-hydrogen) atoms. The second-order valence-electron chi connectivity index (χ2n) is 5.41. The van der Waals surface area contributed by atoms with Crippen molar-refractivity contribution in [3.8, 4) is 0 Å². The van der Waals surface area contributed by atoms with E-state index in [1.165, 1.54) is 12.1 Å². The third kappa shape index (κ3) is 3.79. The predicted octanol–water partition coefficient (Wildman–Crippen LogP) is 2.75. The number of aryl methyl sites for hydroxylation is 1.